The number of benzene rings is 1. The van der Waals surface area contributed by atoms with Crippen molar-refractivity contribution in [1.82, 2.24) is 0 Å². The van der Waals surface area contributed by atoms with Crippen molar-refractivity contribution >= 4 is 0 Å². The molecule has 0 saturated heterocycles. The molecule has 0 saturated carbocycles. The SMILES string of the molecule is CCOC(CN)CCOc1ccc(CC)cc1C(C)(C)C. The highest BCUT2D eigenvalue weighted by molar-refractivity contribution is 5.41. The quantitative estimate of drug-likeness (QED) is 0.795. The van der Waals surface area contributed by atoms with Crippen LogP contribution in [-0.4, -0.2) is 25.9 Å². The Labute approximate surface area is 129 Å². The van der Waals surface area contributed by atoms with Gasteiger partial charge in [0.1, 0.15) is 5.75 Å². The summed E-state index contributed by atoms with van der Waals surface area (Å²) < 4.78 is 11.6. The second-order valence-electron chi connectivity index (χ2n) is 6.38. The summed E-state index contributed by atoms with van der Waals surface area (Å²) in [6.07, 6.45) is 1.95. The van der Waals surface area contributed by atoms with E-state index < -0.39 is 0 Å². The van der Waals surface area contributed by atoms with Crippen molar-refractivity contribution in [3.63, 3.8) is 0 Å². The molecule has 0 aliphatic rings. The molecule has 1 aromatic rings. The van der Waals surface area contributed by atoms with Crippen LogP contribution in [0.15, 0.2) is 18.2 Å². The van der Waals surface area contributed by atoms with Gasteiger partial charge in [0.15, 0.2) is 0 Å². The molecule has 0 aromatic heterocycles. The molecule has 0 aliphatic carbocycles. The number of aryl methyl sites for hydroxylation is 1. The predicted molar refractivity (Wildman–Crippen MR) is 89.1 cm³/mol. The van der Waals surface area contributed by atoms with E-state index in [0.717, 1.165) is 18.6 Å². The van der Waals surface area contributed by atoms with Crippen molar-refractivity contribution in [3.8, 4) is 5.75 Å². The normalized spacial score (nSPS) is 13.2. The molecule has 0 radical (unpaired) electrons. The molecule has 0 amide bonds. The smallest absolute Gasteiger partial charge is 0.123 e. The largest absolute Gasteiger partial charge is 0.493 e. The standard InChI is InChI=1S/C18H31NO2/c1-6-14-8-9-17(16(12-14)18(3,4)5)21-11-10-15(13-19)20-7-2/h8-9,12,15H,6-7,10-11,13,19H2,1-5H3. The average molecular weight is 293 g/mol. The highest BCUT2D eigenvalue weighted by Crippen LogP contribution is 2.32. The van der Waals surface area contributed by atoms with Gasteiger partial charge in [-0.1, -0.05) is 39.8 Å². The lowest BCUT2D eigenvalue weighted by molar-refractivity contribution is 0.0525. The van der Waals surface area contributed by atoms with E-state index in [4.69, 9.17) is 15.2 Å². The van der Waals surface area contributed by atoms with Gasteiger partial charge in [0.2, 0.25) is 0 Å². The van der Waals surface area contributed by atoms with Crippen LogP contribution in [0, 0.1) is 0 Å². The summed E-state index contributed by atoms with van der Waals surface area (Å²) in [4.78, 5) is 0. The maximum Gasteiger partial charge on any atom is 0.123 e. The first-order valence-corrected chi connectivity index (χ1v) is 8.00. The molecule has 1 unspecified atom stereocenters. The third-order valence-electron chi connectivity index (χ3n) is 3.62. The third kappa shape index (κ3) is 5.68. The molecule has 0 spiro atoms. The Balaban J connectivity index is 2.74. The van der Waals surface area contributed by atoms with Gasteiger partial charge in [0, 0.05) is 19.6 Å². The molecule has 0 fully saturated rings. The van der Waals surface area contributed by atoms with Crippen LogP contribution in [0.1, 0.15) is 52.2 Å². The molecule has 1 aromatic carbocycles. The van der Waals surface area contributed by atoms with Gasteiger partial charge in [-0.25, -0.2) is 0 Å². The van der Waals surface area contributed by atoms with Gasteiger partial charge in [0.05, 0.1) is 12.7 Å². The van der Waals surface area contributed by atoms with Crippen molar-refractivity contribution in [3.05, 3.63) is 29.3 Å². The minimum atomic E-state index is 0.0771. The molecule has 2 N–H and O–H groups in total. The minimum Gasteiger partial charge on any atom is -0.493 e. The second-order valence-corrected chi connectivity index (χ2v) is 6.38. The van der Waals surface area contributed by atoms with Crippen molar-refractivity contribution in [2.45, 2.75) is 59.0 Å². The monoisotopic (exact) mass is 293 g/mol. The van der Waals surface area contributed by atoms with E-state index in [9.17, 15) is 0 Å². The van der Waals surface area contributed by atoms with Gasteiger partial charge in [-0.2, -0.15) is 0 Å². The second kappa shape index (κ2) is 8.40. The fourth-order valence-electron chi connectivity index (χ4n) is 2.31. The van der Waals surface area contributed by atoms with Crippen LogP contribution in [0.4, 0.5) is 0 Å². The van der Waals surface area contributed by atoms with Crippen LogP contribution in [0.25, 0.3) is 0 Å². The molecule has 3 nitrogen and oxygen atoms in total. The lowest BCUT2D eigenvalue weighted by Crippen LogP contribution is -2.26. The van der Waals surface area contributed by atoms with Crippen molar-refractivity contribution in [2.75, 3.05) is 19.8 Å². The number of nitrogens with two attached hydrogens (primary N) is 1. The average Bonchev–Trinajstić information content (AvgIpc) is 2.45. The van der Waals surface area contributed by atoms with Crippen molar-refractivity contribution in [2.24, 2.45) is 5.73 Å². The summed E-state index contributed by atoms with van der Waals surface area (Å²) in [6, 6.07) is 6.50. The summed E-state index contributed by atoms with van der Waals surface area (Å²) in [6.45, 7) is 12.7. The van der Waals surface area contributed by atoms with E-state index in [2.05, 4.69) is 45.9 Å². The van der Waals surface area contributed by atoms with E-state index >= 15 is 0 Å². The fraction of sp³-hybridized carbons (Fsp3) is 0.667. The Kier molecular flexibility index (Phi) is 7.20. The highest BCUT2D eigenvalue weighted by atomic mass is 16.5. The molecule has 21 heavy (non-hydrogen) atoms. The molecular formula is C18H31NO2. The van der Waals surface area contributed by atoms with Gasteiger partial charge in [-0.05, 0) is 36.0 Å². The zero-order valence-electron chi connectivity index (χ0n) is 14.2. The third-order valence-corrected chi connectivity index (χ3v) is 3.62. The van der Waals surface area contributed by atoms with Crippen molar-refractivity contribution in [1.29, 1.82) is 0 Å². The maximum absolute atomic E-state index is 6.01. The van der Waals surface area contributed by atoms with Gasteiger partial charge >= 0.3 is 0 Å². The molecule has 1 rings (SSSR count). The molecule has 0 heterocycles. The Bertz CT molecular complexity index is 424. The number of rotatable bonds is 8. The fourth-order valence-corrected chi connectivity index (χ4v) is 2.31. The van der Waals surface area contributed by atoms with Crippen LogP contribution in [0.3, 0.4) is 0 Å². The van der Waals surface area contributed by atoms with E-state index in [1.165, 1.54) is 11.1 Å². The number of hydrogen-bond donors (Lipinski definition) is 1. The molecule has 0 bridgehead atoms. The molecule has 120 valence electrons. The molecule has 0 aliphatic heterocycles. The van der Waals surface area contributed by atoms with Gasteiger partial charge < -0.3 is 15.2 Å². The zero-order valence-corrected chi connectivity index (χ0v) is 14.2. The lowest BCUT2D eigenvalue weighted by atomic mass is 9.85. The molecule has 1 atom stereocenters. The van der Waals surface area contributed by atoms with Gasteiger partial charge in [-0.15, -0.1) is 0 Å². The maximum atomic E-state index is 6.01. The van der Waals surface area contributed by atoms with Gasteiger partial charge in [-0.3, -0.25) is 0 Å². The van der Waals surface area contributed by atoms with Crippen LogP contribution < -0.4 is 10.5 Å². The first-order chi connectivity index (χ1) is 9.92. The number of ether oxygens (including phenoxy) is 2. The van der Waals surface area contributed by atoms with E-state index in [0.29, 0.717) is 19.8 Å². The number of hydrogen-bond acceptors (Lipinski definition) is 3. The predicted octanol–water partition coefficient (Wildman–Crippen LogP) is 3.68. The van der Waals surface area contributed by atoms with Gasteiger partial charge in [0.25, 0.3) is 0 Å². The van der Waals surface area contributed by atoms with Crippen LogP contribution in [0.5, 0.6) is 5.75 Å². The van der Waals surface area contributed by atoms with E-state index in [1.807, 2.05) is 6.92 Å². The van der Waals surface area contributed by atoms with Crippen LogP contribution in [-0.2, 0) is 16.6 Å². The zero-order chi connectivity index (χ0) is 15.9. The van der Waals surface area contributed by atoms with Crippen LogP contribution >= 0.6 is 0 Å². The summed E-state index contributed by atoms with van der Waals surface area (Å²) in [5, 5.41) is 0. The van der Waals surface area contributed by atoms with Crippen LogP contribution in [0.2, 0.25) is 0 Å². The Morgan fingerprint density at radius 1 is 1.19 bits per heavy atom. The summed E-state index contributed by atoms with van der Waals surface area (Å²) >= 11 is 0. The summed E-state index contributed by atoms with van der Waals surface area (Å²) in [7, 11) is 0. The summed E-state index contributed by atoms with van der Waals surface area (Å²) in [5.74, 6) is 0.979. The Morgan fingerprint density at radius 2 is 1.90 bits per heavy atom. The van der Waals surface area contributed by atoms with Crippen molar-refractivity contribution < 1.29 is 9.47 Å². The minimum absolute atomic E-state index is 0.0771. The Morgan fingerprint density at radius 3 is 2.43 bits per heavy atom. The summed E-state index contributed by atoms with van der Waals surface area (Å²) in [5.41, 5.74) is 8.39. The molecular weight excluding hydrogens is 262 g/mol. The molecule has 3 heteroatoms. The first kappa shape index (κ1) is 18.0. The Hall–Kier alpha value is -1.06. The highest BCUT2D eigenvalue weighted by Gasteiger charge is 2.19. The van der Waals surface area contributed by atoms with E-state index in [1.54, 1.807) is 0 Å². The topological polar surface area (TPSA) is 44.5 Å². The first-order valence-electron chi connectivity index (χ1n) is 8.00. The lowest BCUT2D eigenvalue weighted by Gasteiger charge is -2.24. The van der Waals surface area contributed by atoms with E-state index in [-0.39, 0.29) is 11.5 Å².